The van der Waals surface area contributed by atoms with E-state index in [2.05, 4.69) is 25.6 Å². The van der Waals surface area contributed by atoms with E-state index < -0.39 is 27.3 Å². The van der Waals surface area contributed by atoms with Gasteiger partial charge in [-0.25, -0.2) is 4.68 Å². The first-order valence-electron chi connectivity index (χ1n) is 11.1. The Labute approximate surface area is 210 Å². The summed E-state index contributed by atoms with van der Waals surface area (Å²) in [5.74, 6) is -3.78. The minimum Gasteiger partial charge on any atom is -0.497 e. The van der Waals surface area contributed by atoms with Gasteiger partial charge < -0.3 is 4.74 Å². The molecule has 2 aromatic carbocycles. The zero-order valence-corrected chi connectivity index (χ0v) is 20.8. The maximum absolute atomic E-state index is 15.7. The number of aryl methyl sites for hydroxylation is 2. The molecule has 0 bridgehead atoms. The lowest BCUT2D eigenvalue weighted by Crippen LogP contribution is -2.23. The van der Waals surface area contributed by atoms with Gasteiger partial charge in [-0.3, -0.25) is 4.98 Å². The molecule has 0 spiro atoms. The van der Waals surface area contributed by atoms with Gasteiger partial charge in [-0.1, -0.05) is 29.8 Å². The summed E-state index contributed by atoms with van der Waals surface area (Å²) in [4.78, 5) is 4.09. The average molecular weight is 526 g/mol. The number of nitrogens with zero attached hydrogens (tertiary/aromatic N) is 7. The van der Waals surface area contributed by atoms with E-state index in [-0.39, 0.29) is 28.2 Å². The summed E-state index contributed by atoms with van der Waals surface area (Å²) < 4.78 is 64.9. The van der Waals surface area contributed by atoms with Gasteiger partial charge in [0.05, 0.1) is 24.2 Å². The monoisotopic (exact) mass is 525 g/mol. The number of pyridine rings is 1. The van der Waals surface area contributed by atoms with Crippen LogP contribution < -0.4 is 4.74 Å². The molecule has 0 N–H and O–H groups in total. The molecule has 0 saturated heterocycles. The molecular weight excluding hydrogens is 504 g/mol. The lowest BCUT2D eigenvalue weighted by Gasteiger charge is -2.16. The van der Waals surface area contributed by atoms with Crippen molar-refractivity contribution >= 4 is 21.1 Å². The molecule has 0 radical (unpaired) electrons. The van der Waals surface area contributed by atoms with Crippen LogP contribution in [0.1, 0.15) is 28.2 Å². The summed E-state index contributed by atoms with van der Waals surface area (Å²) in [6.45, 7) is 3.37. The highest BCUT2D eigenvalue weighted by atomic mass is 32.2. The van der Waals surface area contributed by atoms with Crippen molar-refractivity contribution in [3.05, 3.63) is 89.0 Å². The summed E-state index contributed by atoms with van der Waals surface area (Å²) in [6, 6.07) is 14.1. The van der Waals surface area contributed by atoms with Crippen LogP contribution in [0.15, 0.2) is 65.7 Å². The third-order valence-corrected chi connectivity index (χ3v) is 7.47. The Bertz CT molecular complexity index is 1700. The van der Waals surface area contributed by atoms with Gasteiger partial charge in [-0.05, 0) is 60.2 Å². The van der Waals surface area contributed by atoms with Crippen molar-refractivity contribution in [1.29, 1.82) is 0 Å². The predicted octanol–water partition coefficient (Wildman–Crippen LogP) is 3.47. The van der Waals surface area contributed by atoms with E-state index in [0.29, 0.717) is 11.3 Å². The van der Waals surface area contributed by atoms with Crippen molar-refractivity contribution in [2.75, 3.05) is 7.11 Å². The molecule has 0 aliphatic carbocycles. The predicted molar refractivity (Wildman–Crippen MR) is 129 cm³/mol. The number of methoxy groups -OCH3 is 1. The van der Waals surface area contributed by atoms with Crippen LogP contribution in [0.3, 0.4) is 0 Å². The van der Waals surface area contributed by atoms with Crippen molar-refractivity contribution in [3.8, 4) is 5.75 Å². The number of hydrogen-bond acceptors (Lipinski definition) is 8. The van der Waals surface area contributed by atoms with Crippen LogP contribution in [0.5, 0.6) is 5.75 Å². The third-order valence-electron chi connectivity index (χ3n) is 5.87. The number of halogens is 2. The van der Waals surface area contributed by atoms with E-state index in [9.17, 15) is 8.42 Å². The number of fused-ring (bicyclic) bond motifs is 1. The third kappa shape index (κ3) is 4.31. The standard InChI is InChI=1S/C24H21F2N7O3S/c1-15-4-10-20(11-5-15)37(34,35)33-21-12-18(13-27-22(21)16(2)29-33)24(25,26)23-28-30-31-32(23)14-17-6-8-19(36-3)9-7-17/h4-13H,14H2,1-3H3. The summed E-state index contributed by atoms with van der Waals surface area (Å²) in [6.07, 6.45) is 0.978. The van der Waals surface area contributed by atoms with Crippen LogP contribution in [0, 0.1) is 13.8 Å². The second-order valence-electron chi connectivity index (χ2n) is 8.42. The Balaban J connectivity index is 1.56. The average Bonchev–Trinajstić information content (AvgIpc) is 3.49. The first kappa shape index (κ1) is 24.4. The molecule has 0 saturated carbocycles. The topological polar surface area (TPSA) is 118 Å². The lowest BCUT2D eigenvalue weighted by molar-refractivity contribution is 0.0278. The van der Waals surface area contributed by atoms with Crippen LogP contribution in [0.4, 0.5) is 8.78 Å². The molecule has 5 rings (SSSR count). The summed E-state index contributed by atoms with van der Waals surface area (Å²) in [5.41, 5.74) is 1.36. The van der Waals surface area contributed by atoms with Crippen LogP contribution in [0.2, 0.25) is 0 Å². The lowest BCUT2D eigenvalue weighted by atomic mass is 10.1. The molecule has 0 unspecified atom stereocenters. The Morgan fingerprint density at radius 2 is 1.73 bits per heavy atom. The first-order valence-corrected chi connectivity index (χ1v) is 12.5. The Morgan fingerprint density at radius 3 is 2.41 bits per heavy atom. The van der Waals surface area contributed by atoms with Crippen molar-refractivity contribution in [1.82, 2.24) is 34.4 Å². The molecule has 0 fully saturated rings. The molecule has 0 atom stereocenters. The highest BCUT2D eigenvalue weighted by Crippen LogP contribution is 2.36. The van der Waals surface area contributed by atoms with Gasteiger partial charge in [-0.2, -0.15) is 26.4 Å². The van der Waals surface area contributed by atoms with Crippen LogP contribution in [-0.4, -0.2) is 49.9 Å². The Kier molecular flexibility index (Phi) is 5.94. The zero-order valence-electron chi connectivity index (χ0n) is 20.0. The second kappa shape index (κ2) is 9.00. The zero-order chi connectivity index (χ0) is 26.4. The van der Waals surface area contributed by atoms with Gasteiger partial charge in [0.25, 0.3) is 10.0 Å². The van der Waals surface area contributed by atoms with Gasteiger partial charge in [0.15, 0.2) is 0 Å². The summed E-state index contributed by atoms with van der Waals surface area (Å²) in [5, 5.41) is 14.8. The molecule has 10 nitrogen and oxygen atoms in total. The van der Waals surface area contributed by atoms with E-state index >= 15 is 8.78 Å². The number of aromatic nitrogens is 7. The quantitative estimate of drug-likeness (QED) is 0.317. The molecule has 13 heteroatoms. The number of ether oxygens (including phenoxy) is 1. The van der Waals surface area contributed by atoms with E-state index in [0.717, 1.165) is 26.6 Å². The van der Waals surface area contributed by atoms with Gasteiger partial charge in [0.1, 0.15) is 16.8 Å². The molecule has 5 aromatic rings. The normalized spacial score (nSPS) is 12.2. The molecule has 3 aromatic heterocycles. The van der Waals surface area contributed by atoms with E-state index in [1.54, 1.807) is 43.3 Å². The van der Waals surface area contributed by atoms with Crippen LogP contribution in [-0.2, 0) is 22.5 Å². The first-order chi connectivity index (χ1) is 17.6. The van der Waals surface area contributed by atoms with Crippen molar-refractivity contribution in [2.45, 2.75) is 31.2 Å². The fraction of sp³-hybridized carbons (Fsp3) is 0.208. The van der Waals surface area contributed by atoms with Crippen molar-refractivity contribution in [3.63, 3.8) is 0 Å². The smallest absolute Gasteiger partial charge is 0.335 e. The molecule has 3 heterocycles. The number of alkyl halides is 2. The van der Waals surface area contributed by atoms with Crippen LogP contribution >= 0.6 is 0 Å². The minimum absolute atomic E-state index is 0.0174. The maximum atomic E-state index is 15.7. The Morgan fingerprint density at radius 1 is 1.03 bits per heavy atom. The van der Waals surface area contributed by atoms with Crippen molar-refractivity contribution in [2.24, 2.45) is 0 Å². The highest BCUT2D eigenvalue weighted by Gasteiger charge is 2.41. The molecule has 0 aliphatic heterocycles. The molecular formula is C24H21F2N7O3S. The van der Waals surface area contributed by atoms with E-state index in [4.69, 9.17) is 4.74 Å². The highest BCUT2D eigenvalue weighted by molar-refractivity contribution is 7.90. The largest absolute Gasteiger partial charge is 0.497 e. The molecule has 0 aliphatic rings. The van der Waals surface area contributed by atoms with Gasteiger partial charge >= 0.3 is 5.92 Å². The van der Waals surface area contributed by atoms with Crippen LogP contribution in [0.25, 0.3) is 11.0 Å². The summed E-state index contributed by atoms with van der Waals surface area (Å²) in [7, 11) is -2.64. The van der Waals surface area contributed by atoms with Gasteiger partial charge in [-0.15, -0.1) is 5.10 Å². The number of tetrazole rings is 1. The number of rotatable bonds is 7. The minimum atomic E-state index is -4.17. The van der Waals surface area contributed by atoms with Crippen molar-refractivity contribution < 1.29 is 21.9 Å². The Hall–Kier alpha value is -4.26. The molecule has 37 heavy (non-hydrogen) atoms. The SMILES string of the molecule is COc1ccc(Cn2nnnc2C(F)(F)c2cnc3c(C)nn(S(=O)(=O)c4ccc(C)cc4)c3c2)cc1. The van der Waals surface area contributed by atoms with E-state index in [1.807, 2.05) is 6.92 Å². The number of benzene rings is 2. The molecule has 190 valence electrons. The summed E-state index contributed by atoms with van der Waals surface area (Å²) >= 11 is 0. The fourth-order valence-electron chi connectivity index (χ4n) is 3.85. The maximum Gasteiger partial charge on any atom is 0.335 e. The number of hydrogen-bond donors (Lipinski definition) is 0. The van der Waals surface area contributed by atoms with Gasteiger partial charge in [0, 0.05) is 11.8 Å². The second-order valence-corrected chi connectivity index (χ2v) is 10.2. The van der Waals surface area contributed by atoms with Gasteiger partial charge in [0.2, 0.25) is 5.82 Å². The fourth-order valence-corrected chi connectivity index (χ4v) is 5.16. The molecule has 0 amide bonds. The van der Waals surface area contributed by atoms with E-state index in [1.165, 1.54) is 19.2 Å².